The Morgan fingerprint density at radius 3 is 2.33 bits per heavy atom. The lowest BCUT2D eigenvalue weighted by atomic mass is 9.75. The fraction of sp³-hybridized carbons (Fsp3) is 0.548. The SMILES string of the molecule is CN=C(c1ccc(OC(C)(C)C)cc1)N(CC(=O)O[C@@H]1C[C@H](C)CC[C@H]1C(C)C)c1ccccc1C. The number of carbonyl (C=O) groups is 1. The van der Waals surface area contributed by atoms with Crippen molar-refractivity contribution in [3.63, 3.8) is 0 Å². The van der Waals surface area contributed by atoms with Crippen LogP contribution >= 0.6 is 0 Å². The minimum atomic E-state index is -0.273. The summed E-state index contributed by atoms with van der Waals surface area (Å²) in [7, 11) is 1.77. The second-order valence-electron chi connectivity index (χ2n) is 11.5. The fourth-order valence-corrected chi connectivity index (χ4v) is 5.16. The monoisotopic (exact) mass is 492 g/mol. The molecule has 1 aliphatic carbocycles. The third-order valence-electron chi connectivity index (χ3n) is 6.94. The van der Waals surface area contributed by atoms with E-state index in [1.165, 1.54) is 6.42 Å². The molecule has 5 heteroatoms. The number of nitrogens with zero attached hydrogens (tertiary/aromatic N) is 2. The maximum atomic E-state index is 13.4. The number of hydrogen-bond donors (Lipinski definition) is 0. The first-order valence-electron chi connectivity index (χ1n) is 13.3. The van der Waals surface area contributed by atoms with Gasteiger partial charge in [0.05, 0.1) is 0 Å². The number of aliphatic imine (C=N–C) groups is 1. The van der Waals surface area contributed by atoms with Crippen LogP contribution in [0, 0.1) is 24.7 Å². The Kier molecular flexibility index (Phi) is 9.21. The molecule has 1 fully saturated rings. The number of anilines is 1. The molecule has 0 aromatic heterocycles. The Morgan fingerprint density at radius 2 is 1.75 bits per heavy atom. The summed E-state index contributed by atoms with van der Waals surface area (Å²) in [4.78, 5) is 20.0. The van der Waals surface area contributed by atoms with E-state index in [0.29, 0.717) is 17.8 Å². The third kappa shape index (κ3) is 7.35. The Morgan fingerprint density at radius 1 is 1.08 bits per heavy atom. The van der Waals surface area contributed by atoms with Crippen LogP contribution in [0.3, 0.4) is 0 Å². The molecule has 3 atom stereocenters. The zero-order valence-electron chi connectivity index (χ0n) is 23.4. The van der Waals surface area contributed by atoms with E-state index >= 15 is 0 Å². The summed E-state index contributed by atoms with van der Waals surface area (Å²) in [6, 6.07) is 16.0. The highest BCUT2D eigenvalue weighted by atomic mass is 16.5. The molecule has 196 valence electrons. The minimum Gasteiger partial charge on any atom is -0.488 e. The number of carbonyl (C=O) groups excluding carboxylic acids is 1. The number of hydrogen-bond acceptors (Lipinski definition) is 4. The number of amidine groups is 1. The number of ether oxygens (including phenoxy) is 2. The zero-order chi connectivity index (χ0) is 26.5. The molecule has 5 nitrogen and oxygen atoms in total. The summed E-state index contributed by atoms with van der Waals surface area (Å²) in [5.74, 6) is 2.79. The lowest BCUT2D eigenvalue weighted by molar-refractivity contribution is -0.154. The molecule has 2 aromatic carbocycles. The van der Waals surface area contributed by atoms with Gasteiger partial charge >= 0.3 is 5.97 Å². The molecular weight excluding hydrogens is 448 g/mol. The van der Waals surface area contributed by atoms with Crippen LogP contribution in [0.25, 0.3) is 0 Å². The van der Waals surface area contributed by atoms with E-state index in [1.807, 2.05) is 68.1 Å². The van der Waals surface area contributed by atoms with Crippen LogP contribution in [0.15, 0.2) is 53.5 Å². The van der Waals surface area contributed by atoms with Crippen molar-refractivity contribution in [3.8, 4) is 5.75 Å². The van der Waals surface area contributed by atoms with Gasteiger partial charge in [-0.05, 0) is 94.2 Å². The maximum Gasteiger partial charge on any atom is 0.326 e. The van der Waals surface area contributed by atoms with Crippen LogP contribution in [0.4, 0.5) is 5.69 Å². The average Bonchev–Trinajstić information content (AvgIpc) is 2.79. The molecule has 0 N–H and O–H groups in total. The average molecular weight is 493 g/mol. The van der Waals surface area contributed by atoms with Gasteiger partial charge < -0.3 is 14.4 Å². The van der Waals surface area contributed by atoms with Gasteiger partial charge in [0.2, 0.25) is 0 Å². The second kappa shape index (κ2) is 11.9. The number of benzene rings is 2. The van der Waals surface area contributed by atoms with E-state index in [9.17, 15) is 4.79 Å². The van der Waals surface area contributed by atoms with E-state index in [2.05, 4.69) is 38.8 Å². The Bertz CT molecular complexity index is 1040. The molecule has 0 spiro atoms. The standard InChI is InChI=1S/C31H44N2O3/c1-21(2)26-18-13-22(3)19-28(26)35-29(34)20-33(27-12-10-9-11-23(27)4)30(32-8)24-14-16-25(17-15-24)36-31(5,6)7/h9-12,14-17,21-22,26,28H,13,18-20H2,1-8H3/t22-,26+,28-/m1/s1. The highest BCUT2D eigenvalue weighted by Crippen LogP contribution is 2.35. The first-order valence-corrected chi connectivity index (χ1v) is 13.3. The predicted octanol–water partition coefficient (Wildman–Crippen LogP) is 7.06. The van der Waals surface area contributed by atoms with Gasteiger partial charge in [-0.3, -0.25) is 9.79 Å². The van der Waals surface area contributed by atoms with Gasteiger partial charge in [-0.15, -0.1) is 0 Å². The molecule has 0 saturated heterocycles. The summed E-state index contributed by atoms with van der Waals surface area (Å²) in [6.45, 7) is 15.0. The first kappa shape index (κ1) is 27.8. The van der Waals surface area contributed by atoms with Gasteiger partial charge in [-0.25, -0.2) is 0 Å². The summed E-state index contributed by atoms with van der Waals surface area (Å²) in [5.41, 5.74) is 2.67. The van der Waals surface area contributed by atoms with Crippen LogP contribution in [0.1, 0.15) is 71.9 Å². The molecule has 0 aliphatic heterocycles. The van der Waals surface area contributed by atoms with Crippen LogP contribution in [-0.2, 0) is 9.53 Å². The van der Waals surface area contributed by atoms with Gasteiger partial charge in [-0.2, -0.15) is 0 Å². The Balaban J connectivity index is 1.87. The van der Waals surface area contributed by atoms with E-state index in [0.717, 1.165) is 41.2 Å². The fourth-order valence-electron chi connectivity index (χ4n) is 5.16. The minimum absolute atomic E-state index is 0.0317. The Labute approximate surface area is 217 Å². The lowest BCUT2D eigenvalue weighted by Crippen LogP contribution is -2.41. The Hall–Kier alpha value is -2.82. The number of rotatable bonds is 7. The van der Waals surface area contributed by atoms with Gasteiger partial charge in [0.15, 0.2) is 0 Å². The van der Waals surface area contributed by atoms with E-state index in [1.54, 1.807) is 7.05 Å². The number of esters is 1. The van der Waals surface area contributed by atoms with Crippen molar-refractivity contribution in [2.45, 2.75) is 79.4 Å². The molecule has 36 heavy (non-hydrogen) atoms. The molecule has 0 radical (unpaired) electrons. The van der Waals surface area contributed by atoms with Crippen LogP contribution in [0.2, 0.25) is 0 Å². The molecule has 0 bridgehead atoms. The van der Waals surface area contributed by atoms with Crippen LogP contribution in [0.5, 0.6) is 5.75 Å². The van der Waals surface area contributed by atoms with Crippen molar-refractivity contribution < 1.29 is 14.3 Å². The van der Waals surface area contributed by atoms with E-state index < -0.39 is 0 Å². The van der Waals surface area contributed by atoms with Crippen molar-refractivity contribution in [2.75, 3.05) is 18.5 Å². The molecule has 3 rings (SSSR count). The van der Waals surface area contributed by atoms with Gasteiger partial charge in [0, 0.05) is 18.3 Å². The van der Waals surface area contributed by atoms with Crippen LogP contribution in [-0.4, -0.2) is 37.1 Å². The topological polar surface area (TPSA) is 51.1 Å². The molecule has 2 aromatic rings. The smallest absolute Gasteiger partial charge is 0.326 e. The predicted molar refractivity (Wildman–Crippen MR) is 149 cm³/mol. The number of para-hydroxylation sites is 1. The molecule has 1 saturated carbocycles. The van der Waals surface area contributed by atoms with Crippen molar-refractivity contribution in [1.82, 2.24) is 0 Å². The third-order valence-corrected chi connectivity index (χ3v) is 6.94. The molecule has 0 heterocycles. The van der Waals surface area contributed by atoms with Gasteiger partial charge in [-0.1, -0.05) is 45.4 Å². The lowest BCUT2D eigenvalue weighted by Gasteiger charge is -2.37. The summed E-state index contributed by atoms with van der Waals surface area (Å²) in [6.07, 6.45) is 3.22. The molecule has 0 unspecified atom stereocenters. The molecule has 0 amide bonds. The zero-order valence-corrected chi connectivity index (χ0v) is 23.4. The van der Waals surface area contributed by atoms with Crippen molar-refractivity contribution in [3.05, 3.63) is 59.7 Å². The van der Waals surface area contributed by atoms with E-state index in [4.69, 9.17) is 9.47 Å². The van der Waals surface area contributed by atoms with Crippen LogP contribution < -0.4 is 9.64 Å². The summed E-state index contributed by atoms with van der Waals surface area (Å²) in [5, 5.41) is 0. The van der Waals surface area contributed by atoms with Gasteiger partial charge in [0.25, 0.3) is 0 Å². The summed E-state index contributed by atoms with van der Waals surface area (Å²) >= 11 is 0. The summed E-state index contributed by atoms with van der Waals surface area (Å²) < 4.78 is 12.2. The quantitative estimate of drug-likeness (QED) is 0.236. The van der Waals surface area contributed by atoms with Crippen molar-refractivity contribution in [2.24, 2.45) is 22.7 Å². The highest BCUT2D eigenvalue weighted by molar-refractivity contribution is 6.12. The van der Waals surface area contributed by atoms with Crippen molar-refractivity contribution in [1.29, 1.82) is 0 Å². The normalized spacial score (nSPS) is 20.8. The highest BCUT2D eigenvalue weighted by Gasteiger charge is 2.34. The molecule has 1 aliphatic rings. The van der Waals surface area contributed by atoms with E-state index in [-0.39, 0.29) is 24.2 Å². The first-order chi connectivity index (χ1) is 17.0. The maximum absolute atomic E-state index is 13.4. The van der Waals surface area contributed by atoms with Crippen molar-refractivity contribution >= 4 is 17.5 Å². The molecular formula is C31H44N2O3. The van der Waals surface area contributed by atoms with Gasteiger partial charge in [0.1, 0.15) is 29.8 Å². The number of aryl methyl sites for hydroxylation is 1. The second-order valence-corrected chi connectivity index (χ2v) is 11.5. The largest absolute Gasteiger partial charge is 0.488 e.